The number of rotatable bonds is 5. The van der Waals surface area contributed by atoms with E-state index in [1.165, 1.54) is 4.90 Å². The lowest BCUT2D eigenvalue weighted by molar-refractivity contribution is -0.121. The summed E-state index contributed by atoms with van der Waals surface area (Å²) < 4.78 is 0. The van der Waals surface area contributed by atoms with Crippen molar-refractivity contribution in [1.82, 2.24) is 10.2 Å². The van der Waals surface area contributed by atoms with Crippen LogP contribution in [0.15, 0.2) is 29.2 Å². The van der Waals surface area contributed by atoms with Gasteiger partial charge in [-0.15, -0.1) is 11.8 Å². The molecule has 2 N–H and O–H groups in total. The molecule has 0 aliphatic heterocycles. The van der Waals surface area contributed by atoms with Crippen LogP contribution < -0.4 is 10.6 Å². The summed E-state index contributed by atoms with van der Waals surface area (Å²) in [6.45, 7) is 3.80. The molecular weight excluding hydrogens is 274 g/mol. The highest BCUT2D eigenvalue weighted by Crippen LogP contribution is 2.19. The molecule has 0 aromatic heterocycles. The van der Waals surface area contributed by atoms with Gasteiger partial charge in [-0.1, -0.05) is 6.07 Å². The van der Waals surface area contributed by atoms with Gasteiger partial charge in [-0.2, -0.15) is 0 Å². The minimum absolute atomic E-state index is 0.0340. The van der Waals surface area contributed by atoms with Gasteiger partial charge in [0.25, 0.3) is 0 Å². The average molecular weight is 295 g/mol. The molecule has 3 amide bonds. The first kappa shape index (κ1) is 16.4. The third-order valence-corrected chi connectivity index (χ3v) is 3.22. The van der Waals surface area contributed by atoms with Crippen LogP contribution in [0.4, 0.5) is 10.5 Å². The summed E-state index contributed by atoms with van der Waals surface area (Å²) in [6.07, 6.45) is 1.98. The van der Waals surface area contributed by atoms with Gasteiger partial charge in [0.2, 0.25) is 5.91 Å². The summed E-state index contributed by atoms with van der Waals surface area (Å²) in [7, 11) is 1.59. The second-order valence-electron chi connectivity index (χ2n) is 4.74. The van der Waals surface area contributed by atoms with Crippen LogP contribution in [-0.2, 0) is 4.79 Å². The molecule has 0 fully saturated rings. The van der Waals surface area contributed by atoms with Crippen molar-refractivity contribution in [2.45, 2.75) is 24.8 Å². The molecule has 1 aromatic carbocycles. The van der Waals surface area contributed by atoms with Gasteiger partial charge in [0.1, 0.15) is 6.54 Å². The van der Waals surface area contributed by atoms with Gasteiger partial charge in [0.05, 0.1) is 0 Å². The molecule has 0 heterocycles. The first-order valence-electron chi connectivity index (χ1n) is 6.38. The minimum atomic E-state index is -0.304. The van der Waals surface area contributed by atoms with E-state index in [1.807, 2.05) is 44.4 Å². The molecule has 0 saturated heterocycles. The first-order valence-corrected chi connectivity index (χ1v) is 7.60. The molecule has 5 nitrogen and oxygen atoms in total. The fraction of sp³-hybridized carbons (Fsp3) is 0.429. The van der Waals surface area contributed by atoms with Crippen LogP contribution in [0.3, 0.4) is 0 Å². The maximum absolute atomic E-state index is 12.0. The monoisotopic (exact) mass is 295 g/mol. The van der Waals surface area contributed by atoms with Crippen molar-refractivity contribution in [3.63, 3.8) is 0 Å². The molecule has 1 rings (SSSR count). The Labute approximate surface area is 124 Å². The van der Waals surface area contributed by atoms with Gasteiger partial charge in [-0.3, -0.25) is 4.79 Å². The summed E-state index contributed by atoms with van der Waals surface area (Å²) in [4.78, 5) is 26.0. The standard InChI is InChI=1S/C14H21N3O2S/c1-10(2)15-13(18)9-17(3)14(19)16-11-6-5-7-12(8-11)20-4/h5-8,10H,9H2,1-4H3,(H,15,18)(H,16,19). The zero-order valence-electron chi connectivity index (χ0n) is 12.3. The minimum Gasteiger partial charge on any atom is -0.352 e. The Morgan fingerprint density at radius 2 is 2.05 bits per heavy atom. The number of likely N-dealkylation sites (N-methyl/N-ethyl adjacent to an activating group) is 1. The van der Waals surface area contributed by atoms with Crippen LogP contribution in [0.5, 0.6) is 0 Å². The van der Waals surface area contributed by atoms with E-state index in [-0.39, 0.29) is 24.5 Å². The number of anilines is 1. The van der Waals surface area contributed by atoms with Gasteiger partial charge in [-0.05, 0) is 38.3 Å². The van der Waals surface area contributed by atoms with Gasteiger partial charge in [0, 0.05) is 23.7 Å². The second-order valence-corrected chi connectivity index (χ2v) is 5.62. The Hall–Kier alpha value is -1.69. The van der Waals surface area contributed by atoms with E-state index in [1.54, 1.807) is 18.8 Å². The van der Waals surface area contributed by atoms with Crippen molar-refractivity contribution in [1.29, 1.82) is 0 Å². The van der Waals surface area contributed by atoms with Crippen LogP contribution in [0.1, 0.15) is 13.8 Å². The van der Waals surface area contributed by atoms with Crippen LogP contribution in [0.25, 0.3) is 0 Å². The van der Waals surface area contributed by atoms with Crippen molar-refractivity contribution in [2.24, 2.45) is 0 Å². The fourth-order valence-corrected chi connectivity index (χ4v) is 2.03. The van der Waals surface area contributed by atoms with E-state index in [2.05, 4.69) is 10.6 Å². The maximum Gasteiger partial charge on any atom is 0.322 e. The Kier molecular flexibility index (Phi) is 6.38. The highest BCUT2D eigenvalue weighted by Gasteiger charge is 2.13. The Balaban J connectivity index is 2.54. The molecule has 0 saturated carbocycles. The Morgan fingerprint density at radius 1 is 1.35 bits per heavy atom. The van der Waals surface area contributed by atoms with Crippen molar-refractivity contribution < 1.29 is 9.59 Å². The van der Waals surface area contributed by atoms with Gasteiger partial charge in [-0.25, -0.2) is 4.79 Å². The molecular formula is C14H21N3O2S. The summed E-state index contributed by atoms with van der Waals surface area (Å²) in [5.74, 6) is -0.171. The summed E-state index contributed by atoms with van der Waals surface area (Å²) in [5.41, 5.74) is 0.720. The smallest absolute Gasteiger partial charge is 0.322 e. The number of urea groups is 1. The van der Waals surface area contributed by atoms with E-state index in [0.717, 1.165) is 10.6 Å². The van der Waals surface area contributed by atoms with Crippen molar-refractivity contribution >= 4 is 29.4 Å². The molecule has 20 heavy (non-hydrogen) atoms. The van der Waals surface area contributed by atoms with E-state index in [4.69, 9.17) is 0 Å². The van der Waals surface area contributed by atoms with Crippen LogP contribution >= 0.6 is 11.8 Å². The maximum atomic E-state index is 12.0. The molecule has 1 aromatic rings. The number of amides is 3. The van der Waals surface area contributed by atoms with Gasteiger partial charge >= 0.3 is 6.03 Å². The van der Waals surface area contributed by atoms with E-state index >= 15 is 0 Å². The fourth-order valence-electron chi connectivity index (χ4n) is 1.57. The highest BCUT2D eigenvalue weighted by molar-refractivity contribution is 7.98. The lowest BCUT2D eigenvalue weighted by atomic mass is 10.3. The molecule has 0 atom stereocenters. The lowest BCUT2D eigenvalue weighted by Gasteiger charge is -2.18. The zero-order valence-corrected chi connectivity index (χ0v) is 13.1. The summed E-state index contributed by atoms with van der Waals surface area (Å²) in [6, 6.07) is 7.33. The normalized spacial score (nSPS) is 10.2. The third kappa shape index (κ3) is 5.52. The topological polar surface area (TPSA) is 61.4 Å². The predicted octanol–water partition coefficient (Wildman–Crippen LogP) is 2.40. The number of benzene rings is 1. The van der Waals surface area contributed by atoms with Crippen LogP contribution in [-0.4, -0.2) is 42.7 Å². The molecule has 110 valence electrons. The molecule has 0 unspecified atom stereocenters. The number of nitrogens with one attached hydrogen (secondary N) is 2. The van der Waals surface area contributed by atoms with Crippen molar-refractivity contribution in [3.8, 4) is 0 Å². The molecule has 0 radical (unpaired) electrons. The lowest BCUT2D eigenvalue weighted by Crippen LogP contribution is -2.42. The summed E-state index contributed by atoms with van der Waals surface area (Å²) >= 11 is 1.61. The third-order valence-electron chi connectivity index (χ3n) is 2.50. The second kappa shape index (κ2) is 7.79. The number of carbonyl (C=O) groups excluding carboxylic acids is 2. The largest absolute Gasteiger partial charge is 0.352 e. The Bertz CT molecular complexity index is 477. The molecule has 0 spiro atoms. The number of nitrogens with zero attached hydrogens (tertiary/aromatic N) is 1. The quantitative estimate of drug-likeness (QED) is 0.820. The Morgan fingerprint density at radius 3 is 2.65 bits per heavy atom. The van der Waals surface area contributed by atoms with Crippen LogP contribution in [0, 0.1) is 0 Å². The van der Waals surface area contributed by atoms with Gasteiger partial charge < -0.3 is 15.5 Å². The molecule has 6 heteroatoms. The first-order chi connectivity index (χ1) is 9.42. The number of thioether (sulfide) groups is 1. The van der Waals surface area contributed by atoms with Crippen LogP contribution in [0.2, 0.25) is 0 Å². The predicted molar refractivity (Wildman–Crippen MR) is 83.2 cm³/mol. The van der Waals surface area contributed by atoms with E-state index < -0.39 is 0 Å². The van der Waals surface area contributed by atoms with E-state index in [9.17, 15) is 9.59 Å². The molecule has 0 bridgehead atoms. The van der Waals surface area contributed by atoms with Crippen molar-refractivity contribution in [2.75, 3.05) is 25.2 Å². The average Bonchev–Trinajstić information content (AvgIpc) is 2.37. The number of carbonyl (C=O) groups is 2. The highest BCUT2D eigenvalue weighted by atomic mass is 32.2. The van der Waals surface area contributed by atoms with Gasteiger partial charge in [0.15, 0.2) is 0 Å². The zero-order chi connectivity index (χ0) is 15.1. The molecule has 0 aliphatic rings. The van der Waals surface area contributed by atoms with E-state index in [0.29, 0.717) is 0 Å². The van der Waals surface area contributed by atoms with Crippen molar-refractivity contribution in [3.05, 3.63) is 24.3 Å². The SMILES string of the molecule is CSc1cccc(NC(=O)N(C)CC(=O)NC(C)C)c1. The number of hydrogen-bond donors (Lipinski definition) is 2. The molecule has 0 aliphatic carbocycles. The summed E-state index contributed by atoms with van der Waals surface area (Å²) in [5, 5.41) is 5.52. The number of hydrogen-bond acceptors (Lipinski definition) is 3.